The van der Waals surface area contributed by atoms with Crippen LogP contribution in [0.1, 0.15) is 37.6 Å². The summed E-state index contributed by atoms with van der Waals surface area (Å²) in [5, 5.41) is 12.5. The van der Waals surface area contributed by atoms with Gasteiger partial charge < -0.3 is 20.9 Å². The van der Waals surface area contributed by atoms with Crippen molar-refractivity contribution in [3.63, 3.8) is 0 Å². The van der Waals surface area contributed by atoms with Gasteiger partial charge in [-0.2, -0.15) is 0 Å². The Kier molecular flexibility index (Phi) is 6.31. The molecule has 0 radical (unpaired) electrons. The number of nitrogens with two attached hydrogens (primary N) is 1. The molecular formula is C15H24N2O3. The Bertz CT molecular complexity index is 447. The molecule has 5 nitrogen and oxygen atoms in total. The molecule has 0 aliphatic heterocycles. The Morgan fingerprint density at radius 2 is 2.15 bits per heavy atom. The van der Waals surface area contributed by atoms with Crippen LogP contribution in [0.4, 0.5) is 5.69 Å². The second-order valence-electron chi connectivity index (χ2n) is 5.15. The fourth-order valence-electron chi connectivity index (χ4n) is 1.99. The predicted molar refractivity (Wildman–Crippen MR) is 79.8 cm³/mol. The van der Waals surface area contributed by atoms with E-state index in [-0.39, 0.29) is 12.5 Å². The molecule has 1 aromatic carbocycles. The highest BCUT2D eigenvalue weighted by atomic mass is 16.5. The number of rotatable bonds is 7. The van der Waals surface area contributed by atoms with Gasteiger partial charge in [0.15, 0.2) is 0 Å². The highest BCUT2D eigenvalue weighted by Gasteiger charge is 2.17. The van der Waals surface area contributed by atoms with Gasteiger partial charge in [0.25, 0.3) is 5.91 Å². The van der Waals surface area contributed by atoms with Gasteiger partial charge in [0.05, 0.1) is 12.7 Å². The molecule has 5 heteroatoms. The van der Waals surface area contributed by atoms with Crippen LogP contribution in [-0.4, -0.2) is 30.3 Å². The van der Waals surface area contributed by atoms with Crippen LogP contribution in [0.3, 0.4) is 0 Å². The first-order valence-corrected chi connectivity index (χ1v) is 6.93. The summed E-state index contributed by atoms with van der Waals surface area (Å²) in [7, 11) is 0. The summed E-state index contributed by atoms with van der Waals surface area (Å²) in [5.74, 6) is 0.514. The summed E-state index contributed by atoms with van der Waals surface area (Å²) in [4.78, 5) is 12.2. The first-order chi connectivity index (χ1) is 9.45. The molecule has 0 saturated carbocycles. The molecule has 1 amide bonds. The highest BCUT2D eigenvalue weighted by Crippen LogP contribution is 2.24. The minimum Gasteiger partial charge on any atom is -0.493 e. The number of aliphatic hydroxyl groups is 1. The molecule has 0 aliphatic rings. The van der Waals surface area contributed by atoms with E-state index < -0.39 is 6.10 Å². The number of anilines is 1. The van der Waals surface area contributed by atoms with Gasteiger partial charge in [-0.15, -0.1) is 0 Å². The van der Waals surface area contributed by atoms with Crippen molar-refractivity contribution >= 4 is 11.6 Å². The maximum absolute atomic E-state index is 12.2. The number of nitrogens with one attached hydrogen (secondary N) is 1. The Labute approximate surface area is 120 Å². The molecule has 20 heavy (non-hydrogen) atoms. The van der Waals surface area contributed by atoms with Crippen molar-refractivity contribution in [2.75, 3.05) is 18.9 Å². The van der Waals surface area contributed by atoms with Gasteiger partial charge >= 0.3 is 0 Å². The third kappa shape index (κ3) is 4.74. The largest absolute Gasteiger partial charge is 0.493 e. The molecule has 0 aromatic heterocycles. The number of benzene rings is 1. The van der Waals surface area contributed by atoms with E-state index in [2.05, 4.69) is 5.32 Å². The molecule has 0 heterocycles. The maximum atomic E-state index is 12.2. The molecule has 0 fully saturated rings. The van der Waals surface area contributed by atoms with Crippen LogP contribution in [-0.2, 0) is 0 Å². The Hall–Kier alpha value is -1.75. The zero-order valence-electron chi connectivity index (χ0n) is 12.3. The summed E-state index contributed by atoms with van der Waals surface area (Å²) >= 11 is 0. The van der Waals surface area contributed by atoms with E-state index in [1.54, 1.807) is 18.2 Å². The SMILES string of the molecule is CCOc1cccc(N)c1C(=O)NCC(O)CC(C)C. The number of hydrogen-bond acceptors (Lipinski definition) is 4. The zero-order chi connectivity index (χ0) is 15.1. The van der Waals surface area contributed by atoms with E-state index in [4.69, 9.17) is 10.5 Å². The number of amides is 1. The van der Waals surface area contributed by atoms with Crippen molar-refractivity contribution in [2.45, 2.75) is 33.3 Å². The Balaban J connectivity index is 2.72. The van der Waals surface area contributed by atoms with Gasteiger partial charge in [-0.1, -0.05) is 19.9 Å². The monoisotopic (exact) mass is 280 g/mol. The summed E-state index contributed by atoms with van der Waals surface area (Å²) in [6, 6.07) is 5.10. The van der Waals surface area contributed by atoms with Crippen LogP contribution in [0.25, 0.3) is 0 Å². The lowest BCUT2D eigenvalue weighted by molar-refractivity contribution is 0.0897. The maximum Gasteiger partial charge on any atom is 0.257 e. The van der Waals surface area contributed by atoms with Crippen LogP contribution >= 0.6 is 0 Å². The van der Waals surface area contributed by atoms with Crippen LogP contribution in [0.15, 0.2) is 18.2 Å². The van der Waals surface area contributed by atoms with Crippen molar-refractivity contribution < 1.29 is 14.6 Å². The Morgan fingerprint density at radius 1 is 1.45 bits per heavy atom. The van der Waals surface area contributed by atoms with Crippen molar-refractivity contribution in [3.8, 4) is 5.75 Å². The summed E-state index contributed by atoms with van der Waals surface area (Å²) in [6.07, 6.45) is 0.0857. The molecule has 0 saturated heterocycles. The Morgan fingerprint density at radius 3 is 2.75 bits per heavy atom. The topological polar surface area (TPSA) is 84.6 Å². The minimum atomic E-state index is -0.556. The normalized spacial score (nSPS) is 12.2. The van der Waals surface area contributed by atoms with E-state index >= 15 is 0 Å². The number of carbonyl (C=O) groups excluding carboxylic acids is 1. The van der Waals surface area contributed by atoms with Crippen LogP contribution in [0.2, 0.25) is 0 Å². The van der Waals surface area contributed by atoms with E-state index in [9.17, 15) is 9.90 Å². The zero-order valence-corrected chi connectivity index (χ0v) is 12.3. The lowest BCUT2D eigenvalue weighted by Crippen LogP contribution is -2.33. The fraction of sp³-hybridized carbons (Fsp3) is 0.533. The van der Waals surface area contributed by atoms with E-state index in [0.29, 0.717) is 35.9 Å². The van der Waals surface area contributed by atoms with Gasteiger partial charge in [-0.3, -0.25) is 4.79 Å². The number of carbonyl (C=O) groups is 1. The lowest BCUT2D eigenvalue weighted by atomic mass is 10.1. The molecule has 1 unspecified atom stereocenters. The first kappa shape index (κ1) is 16.3. The quantitative estimate of drug-likeness (QED) is 0.665. The number of nitrogen functional groups attached to an aromatic ring is 1. The summed E-state index contributed by atoms with van der Waals surface area (Å²) in [5.41, 5.74) is 6.53. The van der Waals surface area contributed by atoms with Crippen molar-refractivity contribution in [1.29, 1.82) is 0 Å². The number of hydrogen-bond donors (Lipinski definition) is 3. The highest BCUT2D eigenvalue weighted by molar-refractivity contribution is 6.01. The average Bonchev–Trinajstić information content (AvgIpc) is 2.36. The molecule has 1 rings (SSSR count). The average molecular weight is 280 g/mol. The molecular weight excluding hydrogens is 256 g/mol. The van der Waals surface area contributed by atoms with E-state index in [1.165, 1.54) is 0 Å². The van der Waals surface area contributed by atoms with E-state index in [1.807, 2.05) is 20.8 Å². The van der Waals surface area contributed by atoms with Gasteiger partial charge in [0.2, 0.25) is 0 Å². The molecule has 0 bridgehead atoms. The van der Waals surface area contributed by atoms with Crippen LogP contribution in [0.5, 0.6) is 5.75 Å². The number of aliphatic hydroxyl groups excluding tert-OH is 1. The second kappa shape index (κ2) is 7.75. The molecule has 1 aromatic rings. The second-order valence-corrected chi connectivity index (χ2v) is 5.15. The molecule has 0 spiro atoms. The summed E-state index contributed by atoms with van der Waals surface area (Å²) in [6.45, 7) is 6.55. The number of ether oxygens (including phenoxy) is 1. The molecule has 112 valence electrons. The van der Waals surface area contributed by atoms with Gasteiger partial charge in [-0.05, 0) is 31.4 Å². The van der Waals surface area contributed by atoms with Crippen molar-refractivity contribution in [3.05, 3.63) is 23.8 Å². The molecule has 1 atom stereocenters. The van der Waals surface area contributed by atoms with Gasteiger partial charge in [-0.25, -0.2) is 0 Å². The third-order valence-electron chi connectivity index (χ3n) is 2.83. The van der Waals surface area contributed by atoms with Crippen molar-refractivity contribution in [2.24, 2.45) is 5.92 Å². The minimum absolute atomic E-state index is 0.205. The summed E-state index contributed by atoms with van der Waals surface area (Å²) < 4.78 is 5.41. The van der Waals surface area contributed by atoms with Crippen molar-refractivity contribution in [1.82, 2.24) is 5.32 Å². The van der Waals surface area contributed by atoms with Crippen LogP contribution in [0, 0.1) is 5.92 Å². The molecule has 4 N–H and O–H groups in total. The van der Waals surface area contributed by atoms with Crippen LogP contribution < -0.4 is 15.8 Å². The van der Waals surface area contributed by atoms with Gasteiger partial charge in [0, 0.05) is 12.2 Å². The van der Waals surface area contributed by atoms with Gasteiger partial charge in [0.1, 0.15) is 11.3 Å². The first-order valence-electron chi connectivity index (χ1n) is 6.93. The molecule has 0 aliphatic carbocycles. The van der Waals surface area contributed by atoms with E-state index in [0.717, 1.165) is 0 Å². The predicted octanol–water partition coefficient (Wildman–Crippen LogP) is 1.80. The third-order valence-corrected chi connectivity index (χ3v) is 2.83. The lowest BCUT2D eigenvalue weighted by Gasteiger charge is -2.16. The standard InChI is InChI=1S/C15H24N2O3/c1-4-20-13-7-5-6-12(16)14(13)15(19)17-9-11(18)8-10(2)3/h5-7,10-11,18H,4,8-9,16H2,1-3H3,(H,17,19). The fourth-order valence-corrected chi connectivity index (χ4v) is 1.99. The smallest absolute Gasteiger partial charge is 0.257 e.